The highest BCUT2D eigenvalue weighted by Gasteiger charge is 2.21. The van der Waals surface area contributed by atoms with Crippen LogP contribution in [0, 0.1) is 5.95 Å². The number of aromatic nitrogens is 2. The van der Waals surface area contributed by atoms with Crippen LogP contribution in [0.4, 0.5) is 10.2 Å². The number of nitrogens with zero attached hydrogens (tertiary/aromatic N) is 2. The number of hydrogen-bond acceptors (Lipinski definition) is 4. The van der Waals surface area contributed by atoms with Crippen molar-refractivity contribution in [1.29, 1.82) is 0 Å². The number of hydrogen-bond donors (Lipinski definition) is 2. The normalized spacial score (nSPS) is 21.4. The third-order valence-electron chi connectivity index (χ3n) is 3.74. The van der Waals surface area contributed by atoms with Crippen molar-refractivity contribution in [3.05, 3.63) is 52.8 Å². The Bertz CT molecular complexity index is 683. The fourth-order valence-corrected chi connectivity index (χ4v) is 2.68. The minimum absolute atomic E-state index is 0.249. The van der Waals surface area contributed by atoms with Gasteiger partial charge in [-0.1, -0.05) is 6.07 Å². The van der Waals surface area contributed by atoms with E-state index in [1.54, 1.807) is 12.1 Å². The van der Waals surface area contributed by atoms with Gasteiger partial charge in [-0.2, -0.15) is 4.39 Å². The van der Waals surface area contributed by atoms with E-state index in [2.05, 4.69) is 10.3 Å². The lowest BCUT2D eigenvalue weighted by Crippen LogP contribution is -2.22. The lowest BCUT2D eigenvalue weighted by molar-refractivity contribution is 0.543. The van der Waals surface area contributed by atoms with Crippen LogP contribution in [0.15, 0.2) is 41.3 Å². The first kappa shape index (κ1) is 13.8. The molecule has 0 amide bonds. The summed E-state index contributed by atoms with van der Waals surface area (Å²) < 4.78 is 14.7. The highest BCUT2D eigenvalue weighted by Crippen LogP contribution is 2.21. The van der Waals surface area contributed by atoms with Crippen molar-refractivity contribution in [2.45, 2.75) is 31.3 Å². The van der Waals surface area contributed by atoms with Gasteiger partial charge in [-0.05, 0) is 37.5 Å². The molecule has 0 spiro atoms. The van der Waals surface area contributed by atoms with Gasteiger partial charge in [0.05, 0.1) is 11.9 Å². The van der Waals surface area contributed by atoms with Crippen LogP contribution in [-0.2, 0) is 0 Å². The molecule has 0 aliphatic heterocycles. The van der Waals surface area contributed by atoms with Crippen LogP contribution in [0.25, 0.3) is 5.69 Å². The van der Waals surface area contributed by atoms with Gasteiger partial charge >= 0.3 is 0 Å². The zero-order chi connectivity index (χ0) is 14.8. The van der Waals surface area contributed by atoms with Crippen LogP contribution >= 0.6 is 0 Å². The van der Waals surface area contributed by atoms with E-state index in [4.69, 9.17) is 5.73 Å². The molecular formula is C15H17FN4O. The van der Waals surface area contributed by atoms with Gasteiger partial charge in [-0.3, -0.25) is 9.36 Å². The summed E-state index contributed by atoms with van der Waals surface area (Å²) in [4.78, 5) is 16.0. The van der Waals surface area contributed by atoms with Gasteiger partial charge in [-0.25, -0.2) is 4.98 Å². The number of halogens is 1. The number of rotatable bonds is 3. The zero-order valence-electron chi connectivity index (χ0n) is 11.5. The van der Waals surface area contributed by atoms with E-state index in [1.165, 1.54) is 24.4 Å². The van der Waals surface area contributed by atoms with Gasteiger partial charge in [0.1, 0.15) is 5.82 Å². The molecule has 1 fully saturated rings. The minimum Gasteiger partial charge on any atom is -0.367 e. The first-order valence-corrected chi connectivity index (χ1v) is 6.99. The first-order valence-electron chi connectivity index (χ1n) is 6.99. The molecular weight excluding hydrogens is 271 g/mol. The van der Waals surface area contributed by atoms with Gasteiger partial charge in [0.15, 0.2) is 0 Å². The molecule has 0 radical (unpaired) electrons. The maximum absolute atomic E-state index is 13.7. The number of anilines is 1. The predicted octanol–water partition coefficient (Wildman–Crippen LogP) is 1.66. The molecule has 2 atom stereocenters. The van der Waals surface area contributed by atoms with Crippen LogP contribution in [-0.4, -0.2) is 21.6 Å². The highest BCUT2D eigenvalue weighted by atomic mass is 19.1. The van der Waals surface area contributed by atoms with E-state index in [1.807, 2.05) is 0 Å². The molecule has 0 aromatic carbocycles. The summed E-state index contributed by atoms with van der Waals surface area (Å²) in [6.45, 7) is 0. The molecule has 1 saturated carbocycles. The number of nitrogens with two attached hydrogens (primary N) is 1. The second kappa shape index (κ2) is 5.65. The van der Waals surface area contributed by atoms with Gasteiger partial charge in [0.2, 0.25) is 5.95 Å². The van der Waals surface area contributed by atoms with Crippen molar-refractivity contribution in [2.75, 3.05) is 5.32 Å². The van der Waals surface area contributed by atoms with E-state index in [9.17, 15) is 9.18 Å². The second-order valence-corrected chi connectivity index (χ2v) is 5.34. The van der Waals surface area contributed by atoms with Crippen molar-refractivity contribution in [1.82, 2.24) is 9.55 Å². The maximum Gasteiger partial charge on any atom is 0.257 e. The SMILES string of the molecule is N[C@H]1CC[C@H](Nc2ccc(-n3c(F)cccc3=O)cn2)C1. The molecule has 1 aliphatic carbocycles. The lowest BCUT2D eigenvalue weighted by atomic mass is 10.2. The van der Waals surface area contributed by atoms with Crippen LogP contribution < -0.4 is 16.6 Å². The minimum atomic E-state index is -0.605. The third kappa shape index (κ3) is 2.95. The van der Waals surface area contributed by atoms with Crippen molar-refractivity contribution < 1.29 is 4.39 Å². The molecule has 3 rings (SSSR count). The molecule has 6 heteroatoms. The summed E-state index contributed by atoms with van der Waals surface area (Å²) in [5.41, 5.74) is 5.86. The Morgan fingerprint density at radius 2 is 2.14 bits per heavy atom. The Labute approximate surface area is 121 Å². The van der Waals surface area contributed by atoms with Gasteiger partial charge in [0.25, 0.3) is 5.56 Å². The topological polar surface area (TPSA) is 72.9 Å². The van der Waals surface area contributed by atoms with Crippen LogP contribution in [0.5, 0.6) is 0 Å². The summed E-state index contributed by atoms with van der Waals surface area (Å²) >= 11 is 0. The van der Waals surface area contributed by atoms with E-state index in [-0.39, 0.29) is 6.04 Å². The molecule has 5 nitrogen and oxygen atoms in total. The monoisotopic (exact) mass is 288 g/mol. The largest absolute Gasteiger partial charge is 0.367 e. The van der Waals surface area contributed by atoms with E-state index in [0.29, 0.717) is 17.5 Å². The quantitative estimate of drug-likeness (QED) is 0.843. The molecule has 3 N–H and O–H groups in total. The summed E-state index contributed by atoms with van der Waals surface area (Å²) in [7, 11) is 0. The number of nitrogens with one attached hydrogen (secondary N) is 1. The molecule has 0 unspecified atom stereocenters. The van der Waals surface area contributed by atoms with Crippen molar-refractivity contribution in [3.8, 4) is 5.69 Å². The van der Waals surface area contributed by atoms with Crippen molar-refractivity contribution >= 4 is 5.82 Å². The summed E-state index contributed by atoms with van der Waals surface area (Å²) in [6, 6.07) is 7.95. The molecule has 2 aromatic heterocycles. The molecule has 21 heavy (non-hydrogen) atoms. The van der Waals surface area contributed by atoms with E-state index >= 15 is 0 Å². The van der Waals surface area contributed by atoms with Crippen molar-refractivity contribution in [2.24, 2.45) is 5.73 Å². The average molecular weight is 288 g/mol. The Hall–Kier alpha value is -2.21. The van der Waals surface area contributed by atoms with Crippen LogP contribution in [0.1, 0.15) is 19.3 Å². The zero-order valence-corrected chi connectivity index (χ0v) is 11.5. The standard InChI is InChI=1S/C15H17FN4O/c16-13-2-1-3-15(21)20(13)12-6-7-14(18-9-12)19-11-5-4-10(17)8-11/h1-3,6-7,9-11H,4-5,8,17H2,(H,18,19)/t10-,11-/m0/s1. The third-order valence-corrected chi connectivity index (χ3v) is 3.74. The fourth-order valence-electron chi connectivity index (χ4n) is 2.68. The smallest absolute Gasteiger partial charge is 0.257 e. The molecule has 2 aromatic rings. The van der Waals surface area contributed by atoms with Gasteiger partial charge < -0.3 is 11.1 Å². The first-order chi connectivity index (χ1) is 10.1. The summed E-state index contributed by atoms with van der Waals surface area (Å²) in [5, 5.41) is 3.31. The predicted molar refractivity (Wildman–Crippen MR) is 79.0 cm³/mol. The Morgan fingerprint density at radius 1 is 1.29 bits per heavy atom. The molecule has 0 bridgehead atoms. The number of pyridine rings is 2. The summed E-state index contributed by atoms with van der Waals surface area (Å²) in [5.74, 6) is 0.106. The highest BCUT2D eigenvalue weighted by molar-refractivity contribution is 5.42. The maximum atomic E-state index is 13.7. The summed E-state index contributed by atoms with van der Waals surface area (Å²) in [6.07, 6.45) is 4.45. The molecule has 1 aliphatic rings. The van der Waals surface area contributed by atoms with Crippen LogP contribution in [0.2, 0.25) is 0 Å². The van der Waals surface area contributed by atoms with Crippen molar-refractivity contribution in [3.63, 3.8) is 0 Å². The van der Waals surface area contributed by atoms with Gasteiger partial charge in [0, 0.05) is 18.2 Å². The Balaban J connectivity index is 1.79. The van der Waals surface area contributed by atoms with Crippen LogP contribution in [0.3, 0.4) is 0 Å². The molecule has 110 valence electrons. The average Bonchev–Trinajstić information content (AvgIpc) is 2.86. The van der Waals surface area contributed by atoms with E-state index < -0.39 is 11.5 Å². The second-order valence-electron chi connectivity index (χ2n) is 5.34. The molecule has 0 saturated heterocycles. The fraction of sp³-hybridized carbons (Fsp3) is 0.333. The van der Waals surface area contributed by atoms with E-state index in [0.717, 1.165) is 23.8 Å². The lowest BCUT2D eigenvalue weighted by Gasteiger charge is -2.13. The van der Waals surface area contributed by atoms with Gasteiger partial charge in [-0.15, -0.1) is 0 Å². The Kier molecular flexibility index (Phi) is 3.70. The molecule has 2 heterocycles. The Morgan fingerprint density at radius 3 is 2.76 bits per heavy atom.